The Morgan fingerprint density at radius 2 is 2.00 bits per heavy atom. The van der Waals surface area contributed by atoms with Gasteiger partial charge in [-0.1, -0.05) is 15.9 Å². The van der Waals surface area contributed by atoms with E-state index in [4.69, 9.17) is 5.11 Å². The minimum absolute atomic E-state index is 0.0771. The van der Waals surface area contributed by atoms with Crippen LogP contribution in [0.2, 0.25) is 0 Å². The molecule has 1 rings (SSSR count). The van der Waals surface area contributed by atoms with Crippen LogP contribution < -0.4 is 0 Å². The molecule has 0 atom stereocenters. The second-order valence-electron chi connectivity index (χ2n) is 5.51. The summed E-state index contributed by atoms with van der Waals surface area (Å²) < 4.78 is 14.0. The molecule has 1 aromatic carbocycles. The average Bonchev–Trinajstić information content (AvgIpc) is 2.20. The highest BCUT2D eigenvalue weighted by Crippen LogP contribution is 2.21. The zero-order valence-electron chi connectivity index (χ0n) is 11.4. The molecule has 3 nitrogen and oxygen atoms in total. The number of halogens is 2. The van der Waals surface area contributed by atoms with Gasteiger partial charge in [-0.15, -0.1) is 0 Å². The van der Waals surface area contributed by atoms with Gasteiger partial charge in [0.1, 0.15) is 5.82 Å². The van der Waals surface area contributed by atoms with Gasteiger partial charge in [0.15, 0.2) is 0 Å². The van der Waals surface area contributed by atoms with E-state index in [9.17, 15) is 9.18 Å². The maximum absolute atomic E-state index is 13.3. The van der Waals surface area contributed by atoms with Crippen molar-refractivity contribution in [2.75, 3.05) is 6.54 Å². The van der Waals surface area contributed by atoms with Crippen LogP contribution in [0.1, 0.15) is 32.8 Å². The fourth-order valence-corrected chi connectivity index (χ4v) is 2.32. The van der Waals surface area contributed by atoms with Crippen LogP contribution in [0, 0.1) is 5.82 Å². The molecular formula is C14H19BrFNO2. The average molecular weight is 332 g/mol. The lowest BCUT2D eigenvalue weighted by Gasteiger charge is -2.35. The summed E-state index contributed by atoms with van der Waals surface area (Å²) in [4.78, 5) is 12.7. The van der Waals surface area contributed by atoms with Crippen molar-refractivity contribution in [3.63, 3.8) is 0 Å². The Bertz CT molecular complexity index is 437. The number of hydrogen-bond donors (Lipinski definition) is 1. The molecule has 0 bridgehead atoms. The summed E-state index contributed by atoms with van der Waals surface area (Å²) in [5.41, 5.74) is 0.654. The first kappa shape index (κ1) is 16.1. The van der Waals surface area contributed by atoms with Crippen LogP contribution >= 0.6 is 15.9 Å². The smallest absolute Gasteiger partial charge is 0.304 e. The summed E-state index contributed by atoms with van der Waals surface area (Å²) in [7, 11) is 0. The molecule has 0 radical (unpaired) electrons. The molecule has 0 aliphatic rings. The first-order chi connectivity index (χ1) is 8.68. The summed E-state index contributed by atoms with van der Waals surface area (Å²) in [6.07, 6.45) is 0.0771. The molecule has 0 heterocycles. The van der Waals surface area contributed by atoms with E-state index in [0.717, 1.165) is 5.56 Å². The Labute approximate surface area is 121 Å². The summed E-state index contributed by atoms with van der Waals surface area (Å²) in [6.45, 7) is 7.01. The maximum atomic E-state index is 13.3. The van der Waals surface area contributed by atoms with Crippen molar-refractivity contribution in [3.8, 4) is 0 Å². The van der Waals surface area contributed by atoms with Gasteiger partial charge in [0.05, 0.1) is 6.42 Å². The minimum atomic E-state index is -0.824. The van der Waals surface area contributed by atoms with Gasteiger partial charge in [-0.25, -0.2) is 4.39 Å². The van der Waals surface area contributed by atoms with E-state index in [1.807, 2.05) is 31.7 Å². The number of carboxylic acid groups (broad SMARTS) is 1. The molecule has 0 unspecified atom stereocenters. The van der Waals surface area contributed by atoms with E-state index in [-0.39, 0.29) is 17.8 Å². The fraction of sp³-hybridized carbons (Fsp3) is 0.500. The first-order valence-electron chi connectivity index (χ1n) is 6.10. The molecule has 1 N–H and O–H groups in total. The van der Waals surface area contributed by atoms with Gasteiger partial charge in [0.2, 0.25) is 0 Å². The number of aliphatic carboxylic acids is 1. The lowest BCUT2D eigenvalue weighted by molar-refractivity contribution is -0.137. The largest absolute Gasteiger partial charge is 0.481 e. The lowest BCUT2D eigenvalue weighted by atomic mass is 10.0. The predicted molar refractivity (Wildman–Crippen MR) is 76.5 cm³/mol. The van der Waals surface area contributed by atoms with Crippen LogP contribution in [0.3, 0.4) is 0 Å². The van der Waals surface area contributed by atoms with Crippen molar-refractivity contribution >= 4 is 21.9 Å². The van der Waals surface area contributed by atoms with Gasteiger partial charge in [0, 0.05) is 23.1 Å². The van der Waals surface area contributed by atoms with Gasteiger partial charge in [-0.05, 0) is 44.5 Å². The molecule has 0 fully saturated rings. The molecule has 1 aromatic rings. The highest BCUT2D eigenvalue weighted by Gasteiger charge is 2.22. The quantitative estimate of drug-likeness (QED) is 0.894. The molecule has 0 spiro atoms. The second-order valence-corrected chi connectivity index (χ2v) is 6.43. The van der Waals surface area contributed by atoms with Crippen LogP contribution in [0.4, 0.5) is 4.39 Å². The lowest BCUT2D eigenvalue weighted by Crippen LogP contribution is -2.42. The maximum Gasteiger partial charge on any atom is 0.304 e. The van der Waals surface area contributed by atoms with Gasteiger partial charge in [-0.2, -0.15) is 0 Å². The van der Waals surface area contributed by atoms with E-state index in [1.54, 1.807) is 0 Å². The molecule has 0 aromatic heterocycles. The van der Waals surface area contributed by atoms with E-state index >= 15 is 0 Å². The van der Waals surface area contributed by atoms with Gasteiger partial charge >= 0.3 is 5.97 Å². The van der Waals surface area contributed by atoms with Crippen LogP contribution in [-0.4, -0.2) is 28.1 Å². The zero-order chi connectivity index (χ0) is 14.6. The highest BCUT2D eigenvalue weighted by molar-refractivity contribution is 9.10. The summed E-state index contributed by atoms with van der Waals surface area (Å²) in [6, 6.07) is 4.73. The number of nitrogens with zero attached hydrogens (tertiary/aromatic N) is 1. The Morgan fingerprint density at radius 3 is 2.47 bits per heavy atom. The molecule has 0 aliphatic carbocycles. The Kier molecular flexibility index (Phi) is 5.50. The Morgan fingerprint density at radius 1 is 1.37 bits per heavy atom. The molecule has 5 heteroatoms. The highest BCUT2D eigenvalue weighted by atomic mass is 79.9. The summed E-state index contributed by atoms with van der Waals surface area (Å²) in [5, 5.41) is 8.79. The van der Waals surface area contributed by atoms with Crippen LogP contribution in [0.5, 0.6) is 0 Å². The third kappa shape index (κ3) is 5.70. The van der Waals surface area contributed by atoms with Crippen LogP contribution in [-0.2, 0) is 11.3 Å². The molecule has 106 valence electrons. The van der Waals surface area contributed by atoms with Crippen molar-refractivity contribution in [1.29, 1.82) is 0 Å². The SMILES string of the molecule is CC(C)(C)N(CCC(=O)O)Cc1cc(F)cc(Br)c1. The predicted octanol–water partition coefficient (Wildman–Crippen LogP) is 3.66. The van der Waals surface area contributed by atoms with Crippen molar-refractivity contribution in [2.45, 2.75) is 39.3 Å². The normalized spacial score (nSPS) is 11.9. The molecule has 0 saturated heterocycles. The van der Waals surface area contributed by atoms with E-state index < -0.39 is 5.97 Å². The third-order valence-electron chi connectivity index (χ3n) is 2.84. The van der Waals surface area contributed by atoms with Gasteiger partial charge in [0.25, 0.3) is 0 Å². The summed E-state index contributed by atoms with van der Waals surface area (Å²) >= 11 is 3.26. The monoisotopic (exact) mass is 331 g/mol. The number of carboxylic acids is 1. The number of benzene rings is 1. The summed E-state index contributed by atoms with van der Waals surface area (Å²) in [5.74, 6) is -1.12. The standard InChI is InChI=1S/C14H19BrFNO2/c1-14(2,3)17(5-4-13(18)19)9-10-6-11(15)8-12(16)7-10/h6-8H,4-5,9H2,1-3H3,(H,18,19). The van der Waals surface area contributed by atoms with Crippen molar-refractivity contribution < 1.29 is 14.3 Å². The number of carbonyl (C=O) groups is 1. The van der Waals surface area contributed by atoms with E-state index in [2.05, 4.69) is 15.9 Å². The molecule has 0 aliphatic heterocycles. The van der Waals surface area contributed by atoms with Crippen LogP contribution in [0.25, 0.3) is 0 Å². The van der Waals surface area contributed by atoms with Crippen molar-refractivity contribution in [3.05, 3.63) is 34.1 Å². The Balaban J connectivity index is 2.84. The molecular weight excluding hydrogens is 313 g/mol. The van der Waals surface area contributed by atoms with E-state index in [1.165, 1.54) is 12.1 Å². The topological polar surface area (TPSA) is 40.5 Å². The van der Waals surface area contributed by atoms with Crippen LogP contribution in [0.15, 0.2) is 22.7 Å². The second kappa shape index (κ2) is 6.48. The number of rotatable bonds is 5. The fourth-order valence-electron chi connectivity index (χ4n) is 1.80. The minimum Gasteiger partial charge on any atom is -0.481 e. The van der Waals surface area contributed by atoms with Gasteiger partial charge < -0.3 is 5.11 Å². The van der Waals surface area contributed by atoms with Gasteiger partial charge in [-0.3, -0.25) is 9.69 Å². The number of hydrogen-bond acceptors (Lipinski definition) is 2. The van der Waals surface area contributed by atoms with Crippen molar-refractivity contribution in [2.24, 2.45) is 0 Å². The zero-order valence-corrected chi connectivity index (χ0v) is 13.0. The Hall–Kier alpha value is -0.940. The first-order valence-corrected chi connectivity index (χ1v) is 6.89. The molecule has 0 amide bonds. The van der Waals surface area contributed by atoms with Crippen molar-refractivity contribution in [1.82, 2.24) is 4.90 Å². The molecule has 0 saturated carbocycles. The molecule has 19 heavy (non-hydrogen) atoms. The third-order valence-corrected chi connectivity index (χ3v) is 3.30. The van der Waals surface area contributed by atoms with E-state index in [0.29, 0.717) is 17.6 Å².